The molecular weight excluding hydrogens is 997 g/mol. The Balaban J connectivity index is 4.37. The number of carbonyl (C=O) groups excluding carboxylic acids is 3. The summed E-state index contributed by atoms with van der Waals surface area (Å²) in [7, 11) is 0. The molecule has 6 heteroatoms. The maximum Gasteiger partial charge on any atom is 0.306 e. The van der Waals surface area contributed by atoms with Crippen LogP contribution in [0.5, 0.6) is 0 Å². The van der Waals surface area contributed by atoms with Crippen molar-refractivity contribution >= 4 is 17.9 Å². The third kappa shape index (κ3) is 66.5. The summed E-state index contributed by atoms with van der Waals surface area (Å²) < 4.78 is 16.9. The van der Waals surface area contributed by atoms with Crippen LogP contribution < -0.4 is 0 Å². The molecule has 0 bridgehead atoms. The summed E-state index contributed by atoms with van der Waals surface area (Å²) in [5.74, 6) is -0.934. The van der Waals surface area contributed by atoms with Gasteiger partial charge in [0.2, 0.25) is 0 Å². The normalized spacial score (nSPS) is 12.9. The van der Waals surface area contributed by atoms with E-state index in [-0.39, 0.29) is 31.1 Å². The molecule has 0 aromatic carbocycles. The van der Waals surface area contributed by atoms with Crippen LogP contribution in [0.3, 0.4) is 0 Å². The molecule has 1 unspecified atom stereocenters. The molecule has 0 aliphatic rings. The molecule has 0 rings (SSSR count). The minimum Gasteiger partial charge on any atom is -0.462 e. The third-order valence-corrected chi connectivity index (χ3v) is 14.4. The number of rotatable bonds is 61. The van der Waals surface area contributed by atoms with E-state index in [2.05, 4.69) is 142 Å². The largest absolute Gasteiger partial charge is 0.462 e. The minimum atomic E-state index is -0.802. The van der Waals surface area contributed by atoms with Gasteiger partial charge in [-0.15, -0.1) is 0 Å². The van der Waals surface area contributed by atoms with Crippen LogP contribution in [0.4, 0.5) is 0 Å². The zero-order chi connectivity index (χ0) is 58.5. The molecule has 0 radical (unpaired) electrons. The molecule has 0 spiro atoms. The lowest BCUT2D eigenvalue weighted by Crippen LogP contribution is -2.30. The Bertz CT molecular complexity index is 1670. The third-order valence-electron chi connectivity index (χ3n) is 14.4. The summed E-state index contributed by atoms with van der Waals surface area (Å²) in [5, 5.41) is 0. The summed E-state index contributed by atoms with van der Waals surface area (Å²) >= 11 is 0. The van der Waals surface area contributed by atoms with Gasteiger partial charge < -0.3 is 14.2 Å². The first-order valence-electron chi connectivity index (χ1n) is 34.0. The average molecular weight is 1120 g/mol. The fourth-order valence-electron chi connectivity index (χ4n) is 9.40. The highest BCUT2D eigenvalue weighted by atomic mass is 16.6. The van der Waals surface area contributed by atoms with Crippen LogP contribution in [-0.4, -0.2) is 37.2 Å². The van der Waals surface area contributed by atoms with Crippen LogP contribution in [0, 0.1) is 0 Å². The molecule has 0 aromatic heterocycles. The molecule has 6 nitrogen and oxygen atoms in total. The Morgan fingerprint density at radius 2 is 0.481 bits per heavy atom. The first-order valence-corrected chi connectivity index (χ1v) is 34.0. The molecule has 0 amide bonds. The van der Waals surface area contributed by atoms with E-state index < -0.39 is 6.10 Å². The van der Waals surface area contributed by atoms with Crippen molar-refractivity contribution in [3.05, 3.63) is 122 Å². The van der Waals surface area contributed by atoms with Crippen LogP contribution in [0.1, 0.15) is 316 Å². The van der Waals surface area contributed by atoms with Crippen molar-refractivity contribution in [2.24, 2.45) is 0 Å². The van der Waals surface area contributed by atoms with Gasteiger partial charge in [-0.25, -0.2) is 0 Å². The zero-order valence-electron chi connectivity index (χ0n) is 53.0. The highest BCUT2D eigenvalue weighted by molar-refractivity contribution is 5.71. The zero-order valence-corrected chi connectivity index (χ0v) is 53.0. The summed E-state index contributed by atoms with van der Waals surface area (Å²) in [5.41, 5.74) is 0. The van der Waals surface area contributed by atoms with E-state index in [9.17, 15) is 14.4 Å². The summed E-state index contributed by atoms with van der Waals surface area (Å²) in [6, 6.07) is 0. The van der Waals surface area contributed by atoms with Gasteiger partial charge in [0.1, 0.15) is 13.2 Å². The number of unbranched alkanes of at least 4 members (excludes halogenated alkanes) is 30. The predicted molar refractivity (Wildman–Crippen MR) is 353 cm³/mol. The smallest absolute Gasteiger partial charge is 0.306 e. The second-order valence-corrected chi connectivity index (χ2v) is 22.3. The Kier molecular flexibility index (Phi) is 64.8. The maximum absolute atomic E-state index is 12.9. The van der Waals surface area contributed by atoms with Crippen molar-refractivity contribution in [1.29, 1.82) is 0 Å². The fourth-order valence-corrected chi connectivity index (χ4v) is 9.40. The Morgan fingerprint density at radius 3 is 0.790 bits per heavy atom. The molecule has 0 N–H and O–H groups in total. The van der Waals surface area contributed by atoms with Gasteiger partial charge in [-0.2, -0.15) is 0 Å². The van der Waals surface area contributed by atoms with Crippen LogP contribution in [0.2, 0.25) is 0 Å². The molecule has 0 aliphatic carbocycles. The quantitative estimate of drug-likeness (QED) is 0.0261. The van der Waals surface area contributed by atoms with Crippen molar-refractivity contribution in [2.75, 3.05) is 13.2 Å². The lowest BCUT2D eigenvalue weighted by molar-refractivity contribution is -0.167. The SMILES string of the molecule is CC/C=C\C/C=C\C/C=C\C/C=C\C/C=C\CCCCCCCCCCCCCC(=O)OCC(COC(=O)CCCC/C=C\C/C=C\C/C=C\C/C=C\CC)OC(=O)CCCCCCCCCCC/C=C\CCCCCCCCCC. The molecule has 1 atom stereocenters. The van der Waals surface area contributed by atoms with Gasteiger partial charge in [0.05, 0.1) is 0 Å². The van der Waals surface area contributed by atoms with E-state index in [0.29, 0.717) is 19.3 Å². The molecule has 0 saturated heterocycles. The van der Waals surface area contributed by atoms with E-state index >= 15 is 0 Å². The van der Waals surface area contributed by atoms with Gasteiger partial charge in [0.25, 0.3) is 0 Å². The number of allylic oxidation sites excluding steroid dienone is 20. The first-order chi connectivity index (χ1) is 40.0. The van der Waals surface area contributed by atoms with Crippen molar-refractivity contribution in [1.82, 2.24) is 0 Å². The minimum absolute atomic E-state index is 0.0946. The predicted octanol–water partition coefficient (Wildman–Crippen LogP) is 23.6. The standard InChI is InChI=1S/C75H126O6/c1-4-7-10-13-16-19-22-25-28-30-32-34-35-36-37-38-39-41-42-44-47-50-53-56-59-62-65-68-74(77)80-71-72(70-79-73(76)67-64-61-58-55-52-49-46-27-24-21-18-15-12-9-6-3)81-75(78)69-66-63-60-57-54-51-48-45-43-40-33-31-29-26-23-20-17-14-11-8-5-2/h7,9-10,12,16,18-19,21,25,27-28,31-34,36-37,46,52,55,72H,4-6,8,11,13-15,17,20,22-24,26,29-30,35,38-45,47-51,53-54,56-71H2,1-3H3/b10-7-,12-9-,19-16-,21-18-,28-25-,33-31-,34-32-,37-36-,46-27-,55-52-. The van der Waals surface area contributed by atoms with E-state index in [4.69, 9.17) is 14.2 Å². The second-order valence-electron chi connectivity index (χ2n) is 22.3. The second kappa shape index (κ2) is 68.3. The van der Waals surface area contributed by atoms with E-state index in [1.54, 1.807) is 0 Å². The monoisotopic (exact) mass is 1120 g/mol. The van der Waals surface area contributed by atoms with Crippen molar-refractivity contribution in [3.63, 3.8) is 0 Å². The molecule has 0 heterocycles. The Hall–Kier alpha value is -4.19. The van der Waals surface area contributed by atoms with Gasteiger partial charge in [-0.05, 0) is 128 Å². The molecule has 462 valence electrons. The molecule has 0 aromatic rings. The molecule has 0 fully saturated rings. The first kappa shape index (κ1) is 76.8. The summed E-state index contributed by atoms with van der Waals surface area (Å²) in [6.45, 7) is 6.40. The highest BCUT2D eigenvalue weighted by Gasteiger charge is 2.19. The molecule has 0 saturated carbocycles. The summed E-state index contributed by atoms with van der Waals surface area (Å²) in [6.07, 6.45) is 95.0. The lowest BCUT2D eigenvalue weighted by atomic mass is 10.0. The van der Waals surface area contributed by atoms with Crippen LogP contribution >= 0.6 is 0 Å². The maximum atomic E-state index is 12.9. The number of esters is 3. The average Bonchev–Trinajstić information content (AvgIpc) is 3.47. The lowest BCUT2D eigenvalue weighted by Gasteiger charge is -2.18. The van der Waals surface area contributed by atoms with E-state index in [0.717, 1.165) is 116 Å². The van der Waals surface area contributed by atoms with Gasteiger partial charge in [0, 0.05) is 19.3 Å². The highest BCUT2D eigenvalue weighted by Crippen LogP contribution is 2.16. The number of carbonyl (C=O) groups is 3. The Labute approximate surface area is 501 Å². The molecular formula is C75H126O6. The molecule has 81 heavy (non-hydrogen) atoms. The molecule has 0 aliphatic heterocycles. The van der Waals surface area contributed by atoms with Crippen LogP contribution in [-0.2, 0) is 28.6 Å². The van der Waals surface area contributed by atoms with E-state index in [1.807, 2.05) is 0 Å². The van der Waals surface area contributed by atoms with Gasteiger partial charge in [-0.1, -0.05) is 290 Å². The number of ether oxygens (including phenoxy) is 3. The van der Waals surface area contributed by atoms with E-state index in [1.165, 1.54) is 161 Å². The van der Waals surface area contributed by atoms with Crippen LogP contribution in [0.25, 0.3) is 0 Å². The van der Waals surface area contributed by atoms with Gasteiger partial charge >= 0.3 is 17.9 Å². The van der Waals surface area contributed by atoms with Crippen LogP contribution in [0.15, 0.2) is 122 Å². The van der Waals surface area contributed by atoms with Gasteiger partial charge in [0.15, 0.2) is 6.10 Å². The fraction of sp³-hybridized carbons (Fsp3) is 0.693. The number of hydrogen-bond donors (Lipinski definition) is 0. The number of hydrogen-bond acceptors (Lipinski definition) is 6. The van der Waals surface area contributed by atoms with Crippen molar-refractivity contribution in [2.45, 2.75) is 322 Å². The topological polar surface area (TPSA) is 78.9 Å². The Morgan fingerprint density at radius 1 is 0.259 bits per heavy atom. The summed E-state index contributed by atoms with van der Waals surface area (Å²) in [4.78, 5) is 38.4. The van der Waals surface area contributed by atoms with Crippen molar-refractivity contribution < 1.29 is 28.6 Å². The van der Waals surface area contributed by atoms with Crippen molar-refractivity contribution in [3.8, 4) is 0 Å². The van der Waals surface area contributed by atoms with Gasteiger partial charge in [-0.3, -0.25) is 14.4 Å².